The number of amides is 1. The lowest BCUT2D eigenvalue weighted by Crippen LogP contribution is -2.29. The van der Waals surface area contributed by atoms with Gasteiger partial charge in [0.05, 0.1) is 6.61 Å². The number of rotatable bonds is 5. The maximum atomic E-state index is 11.9. The number of carbonyl (C=O) groups excluding carboxylic acids is 1. The molecule has 1 aliphatic carbocycles. The third-order valence-corrected chi connectivity index (χ3v) is 3.62. The first kappa shape index (κ1) is 16.6. The topological polar surface area (TPSA) is 38.3 Å². The largest absolute Gasteiger partial charge is 0.361 e. The van der Waals surface area contributed by atoms with E-state index in [1.54, 1.807) is 0 Å². The zero-order chi connectivity index (χ0) is 15.8. The summed E-state index contributed by atoms with van der Waals surface area (Å²) < 4.78 is 5.90. The maximum absolute atomic E-state index is 11.9. The second kappa shape index (κ2) is 8.60. The fourth-order valence-corrected chi connectivity index (χ4v) is 2.40. The van der Waals surface area contributed by atoms with Crippen molar-refractivity contribution in [2.75, 3.05) is 0 Å². The van der Waals surface area contributed by atoms with Gasteiger partial charge in [0.25, 0.3) is 5.91 Å². The molecule has 1 N–H and O–H groups in total. The Balaban J connectivity index is 1.86. The monoisotopic (exact) mass is 299 g/mol. The first-order chi connectivity index (χ1) is 10.6. The number of carbonyl (C=O) groups is 1. The van der Waals surface area contributed by atoms with Crippen LogP contribution in [-0.4, -0.2) is 18.1 Å². The highest BCUT2D eigenvalue weighted by Gasteiger charge is 2.09. The van der Waals surface area contributed by atoms with Crippen molar-refractivity contribution in [3.63, 3.8) is 0 Å². The fourth-order valence-electron chi connectivity index (χ4n) is 2.40. The summed E-state index contributed by atoms with van der Waals surface area (Å²) in [7, 11) is 0. The molecule has 3 heteroatoms. The summed E-state index contributed by atoms with van der Waals surface area (Å²) in [5, 5.41) is 2.89. The Kier molecular flexibility index (Phi) is 6.48. The lowest BCUT2D eigenvalue weighted by Gasteiger charge is -2.14. The molecule has 118 valence electrons. The van der Waals surface area contributed by atoms with Gasteiger partial charge in [-0.15, -0.1) is 5.92 Å². The van der Waals surface area contributed by atoms with Crippen molar-refractivity contribution < 1.29 is 9.53 Å². The normalized spacial score (nSPS) is 18.0. The SMILES string of the molecule is CC(C)NC(=O)c1ccc(COC2C#CCCCCC2)cc1. The van der Waals surface area contributed by atoms with Crippen molar-refractivity contribution in [2.24, 2.45) is 0 Å². The van der Waals surface area contributed by atoms with Crippen LogP contribution in [0, 0.1) is 11.8 Å². The van der Waals surface area contributed by atoms with Crippen LogP contribution in [0.15, 0.2) is 24.3 Å². The van der Waals surface area contributed by atoms with Crippen molar-refractivity contribution in [1.82, 2.24) is 5.32 Å². The van der Waals surface area contributed by atoms with Crippen LogP contribution in [0.4, 0.5) is 0 Å². The van der Waals surface area contributed by atoms with E-state index in [0.29, 0.717) is 12.2 Å². The van der Waals surface area contributed by atoms with E-state index in [9.17, 15) is 4.79 Å². The number of benzene rings is 1. The quantitative estimate of drug-likeness (QED) is 0.842. The fraction of sp³-hybridized carbons (Fsp3) is 0.526. The van der Waals surface area contributed by atoms with E-state index in [0.717, 1.165) is 18.4 Å². The standard InChI is InChI=1S/C19H25NO2/c1-15(2)20-19(21)17-12-10-16(11-13-17)14-22-18-8-6-4-3-5-7-9-18/h10-13,15,18H,3-6,8,14H2,1-2H3,(H,20,21). The van der Waals surface area contributed by atoms with E-state index in [1.807, 2.05) is 38.1 Å². The summed E-state index contributed by atoms with van der Waals surface area (Å²) in [6.45, 7) is 4.46. The van der Waals surface area contributed by atoms with Crippen LogP contribution in [0.2, 0.25) is 0 Å². The van der Waals surface area contributed by atoms with E-state index < -0.39 is 0 Å². The molecule has 0 bridgehead atoms. The molecule has 0 fully saturated rings. The number of hydrogen-bond acceptors (Lipinski definition) is 2. The van der Waals surface area contributed by atoms with E-state index in [-0.39, 0.29) is 18.1 Å². The molecule has 1 aromatic carbocycles. The van der Waals surface area contributed by atoms with Crippen LogP contribution < -0.4 is 5.32 Å². The molecular weight excluding hydrogens is 274 g/mol. The average molecular weight is 299 g/mol. The van der Waals surface area contributed by atoms with Crippen molar-refractivity contribution in [3.05, 3.63) is 35.4 Å². The minimum Gasteiger partial charge on any atom is -0.361 e. The van der Waals surface area contributed by atoms with Gasteiger partial charge in [0.2, 0.25) is 0 Å². The van der Waals surface area contributed by atoms with Crippen LogP contribution in [0.5, 0.6) is 0 Å². The molecular formula is C19H25NO2. The van der Waals surface area contributed by atoms with E-state index in [2.05, 4.69) is 17.2 Å². The van der Waals surface area contributed by atoms with E-state index in [4.69, 9.17) is 4.74 Å². The molecule has 2 rings (SSSR count). The number of ether oxygens (including phenoxy) is 1. The van der Waals surface area contributed by atoms with Gasteiger partial charge in [-0.3, -0.25) is 4.79 Å². The highest BCUT2D eigenvalue weighted by Crippen LogP contribution is 2.13. The van der Waals surface area contributed by atoms with Gasteiger partial charge in [-0.05, 0) is 50.8 Å². The van der Waals surface area contributed by atoms with Gasteiger partial charge in [-0.2, -0.15) is 0 Å². The van der Waals surface area contributed by atoms with Gasteiger partial charge in [0.1, 0.15) is 6.10 Å². The van der Waals surface area contributed by atoms with E-state index >= 15 is 0 Å². The Morgan fingerprint density at radius 2 is 2.05 bits per heavy atom. The molecule has 22 heavy (non-hydrogen) atoms. The smallest absolute Gasteiger partial charge is 0.251 e. The summed E-state index contributed by atoms with van der Waals surface area (Å²) in [4.78, 5) is 11.9. The highest BCUT2D eigenvalue weighted by molar-refractivity contribution is 5.94. The van der Waals surface area contributed by atoms with Crippen molar-refractivity contribution >= 4 is 5.91 Å². The summed E-state index contributed by atoms with van der Waals surface area (Å²) in [5.74, 6) is 6.36. The second-order valence-electron chi connectivity index (χ2n) is 6.05. The Morgan fingerprint density at radius 1 is 1.27 bits per heavy atom. The zero-order valence-electron chi connectivity index (χ0n) is 13.5. The molecule has 0 aromatic heterocycles. The molecule has 0 radical (unpaired) electrons. The van der Waals surface area contributed by atoms with Crippen LogP contribution in [-0.2, 0) is 11.3 Å². The maximum Gasteiger partial charge on any atom is 0.251 e. The summed E-state index contributed by atoms with van der Waals surface area (Å²) in [6.07, 6.45) is 5.69. The third-order valence-electron chi connectivity index (χ3n) is 3.62. The van der Waals surface area contributed by atoms with Crippen LogP contribution >= 0.6 is 0 Å². The number of hydrogen-bond donors (Lipinski definition) is 1. The minimum atomic E-state index is -0.0339. The molecule has 1 aromatic rings. The molecule has 1 amide bonds. The average Bonchev–Trinajstić information content (AvgIpc) is 2.46. The molecule has 0 heterocycles. The van der Waals surface area contributed by atoms with Crippen LogP contribution in [0.1, 0.15) is 61.9 Å². The van der Waals surface area contributed by atoms with Crippen LogP contribution in [0.25, 0.3) is 0 Å². The molecule has 0 spiro atoms. The highest BCUT2D eigenvalue weighted by atomic mass is 16.5. The van der Waals surface area contributed by atoms with Crippen molar-refractivity contribution in [1.29, 1.82) is 0 Å². The third kappa shape index (κ3) is 5.54. The summed E-state index contributed by atoms with van der Waals surface area (Å²) in [5.41, 5.74) is 1.76. The van der Waals surface area contributed by atoms with Gasteiger partial charge < -0.3 is 10.1 Å². The Labute approximate surface area is 133 Å². The summed E-state index contributed by atoms with van der Waals surface area (Å²) in [6, 6.07) is 7.74. The van der Waals surface area contributed by atoms with Gasteiger partial charge in [-0.1, -0.05) is 24.5 Å². The molecule has 1 aliphatic rings. The summed E-state index contributed by atoms with van der Waals surface area (Å²) >= 11 is 0. The molecule has 1 atom stereocenters. The van der Waals surface area contributed by atoms with Crippen molar-refractivity contribution in [2.45, 2.75) is 64.7 Å². The van der Waals surface area contributed by atoms with Gasteiger partial charge in [0.15, 0.2) is 0 Å². The van der Waals surface area contributed by atoms with Gasteiger partial charge >= 0.3 is 0 Å². The van der Waals surface area contributed by atoms with Gasteiger partial charge in [0, 0.05) is 18.0 Å². The van der Waals surface area contributed by atoms with Crippen LogP contribution in [0.3, 0.4) is 0 Å². The van der Waals surface area contributed by atoms with Crippen molar-refractivity contribution in [3.8, 4) is 11.8 Å². The molecule has 3 nitrogen and oxygen atoms in total. The predicted octanol–water partition coefficient (Wildman–Crippen LogP) is 3.68. The first-order valence-corrected chi connectivity index (χ1v) is 8.15. The molecule has 0 saturated heterocycles. The first-order valence-electron chi connectivity index (χ1n) is 8.15. The zero-order valence-corrected chi connectivity index (χ0v) is 13.5. The lowest BCUT2D eigenvalue weighted by atomic mass is 10.1. The Bertz CT molecular complexity index is 537. The molecule has 0 saturated carbocycles. The predicted molar refractivity (Wildman–Crippen MR) is 88.5 cm³/mol. The molecule has 0 aliphatic heterocycles. The molecule has 1 unspecified atom stereocenters. The number of nitrogens with one attached hydrogen (secondary N) is 1. The second-order valence-corrected chi connectivity index (χ2v) is 6.05. The lowest BCUT2D eigenvalue weighted by molar-refractivity contribution is 0.0703. The van der Waals surface area contributed by atoms with Gasteiger partial charge in [-0.25, -0.2) is 0 Å². The minimum absolute atomic E-state index is 0.0339. The Morgan fingerprint density at radius 3 is 2.77 bits per heavy atom. The van der Waals surface area contributed by atoms with E-state index in [1.165, 1.54) is 19.3 Å². The Hall–Kier alpha value is -1.79.